The molecule has 1 aliphatic heterocycles. The van der Waals surface area contributed by atoms with Crippen LogP contribution in [0.2, 0.25) is 0 Å². The average molecular weight is 357 g/mol. The Morgan fingerprint density at radius 2 is 2.05 bits per heavy atom. The quantitative estimate of drug-likeness (QED) is 0.779. The number of alkyl halides is 1. The topological polar surface area (TPSA) is 49.7 Å². The lowest BCUT2D eigenvalue weighted by Crippen LogP contribution is -2.44. The van der Waals surface area contributed by atoms with Gasteiger partial charge in [-0.25, -0.2) is 0 Å². The van der Waals surface area contributed by atoms with Crippen LogP contribution >= 0.6 is 15.9 Å². The van der Waals surface area contributed by atoms with E-state index < -0.39 is 10.0 Å². The van der Waals surface area contributed by atoms with Gasteiger partial charge in [0.25, 0.3) is 10.0 Å². The summed E-state index contributed by atoms with van der Waals surface area (Å²) in [4.78, 5) is 2.53. The maximum Gasteiger partial charge on any atom is 0.285 e. The first kappa shape index (κ1) is 14.1. The van der Waals surface area contributed by atoms with E-state index >= 15 is 0 Å². The predicted molar refractivity (Wildman–Crippen MR) is 82.9 cm³/mol. The first-order valence-electron chi connectivity index (χ1n) is 6.90. The minimum absolute atomic E-state index is 0.346. The molecule has 0 saturated heterocycles. The van der Waals surface area contributed by atoms with Gasteiger partial charge in [-0.15, -0.1) is 4.40 Å². The van der Waals surface area contributed by atoms with Crippen molar-refractivity contribution in [3.63, 3.8) is 0 Å². The highest BCUT2D eigenvalue weighted by molar-refractivity contribution is 9.09. The molecule has 1 fully saturated rings. The second kappa shape index (κ2) is 5.48. The molecule has 0 aromatic heterocycles. The molecule has 108 valence electrons. The molecule has 1 heterocycles. The van der Waals surface area contributed by atoms with Gasteiger partial charge in [0.2, 0.25) is 0 Å². The van der Waals surface area contributed by atoms with Crippen LogP contribution in [0.1, 0.15) is 31.2 Å². The molecule has 0 bridgehead atoms. The highest BCUT2D eigenvalue weighted by Crippen LogP contribution is 2.32. The molecule has 3 rings (SSSR count). The van der Waals surface area contributed by atoms with Crippen molar-refractivity contribution < 1.29 is 8.42 Å². The molecule has 0 unspecified atom stereocenters. The number of halogens is 1. The normalized spacial score (nSPS) is 20.1. The Balaban J connectivity index is 1.99. The molecule has 0 N–H and O–H groups in total. The van der Waals surface area contributed by atoms with Crippen LogP contribution in [0.3, 0.4) is 0 Å². The summed E-state index contributed by atoms with van der Waals surface area (Å²) in [6.45, 7) is 0.846. The standard InChI is InChI=1S/C14H17BrN2O2S/c15-9-4-10-17(11-5-3-6-11)14-12-7-1-2-8-13(12)20(18,19)16-14/h1-2,7-8,11H,3-6,9-10H2. The van der Waals surface area contributed by atoms with Crippen LogP contribution < -0.4 is 0 Å². The summed E-state index contributed by atoms with van der Waals surface area (Å²) in [6.07, 6.45) is 4.46. The van der Waals surface area contributed by atoms with Crippen molar-refractivity contribution in [2.24, 2.45) is 4.40 Å². The van der Waals surface area contributed by atoms with Gasteiger partial charge in [0.05, 0.1) is 0 Å². The van der Waals surface area contributed by atoms with Crippen LogP contribution in [0.25, 0.3) is 0 Å². The Morgan fingerprint density at radius 1 is 1.30 bits per heavy atom. The Kier molecular flexibility index (Phi) is 3.86. The van der Waals surface area contributed by atoms with E-state index in [-0.39, 0.29) is 0 Å². The van der Waals surface area contributed by atoms with Crippen LogP contribution in [0.5, 0.6) is 0 Å². The fraction of sp³-hybridized carbons (Fsp3) is 0.500. The smallest absolute Gasteiger partial charge is 0.285 e. The zero-order valence-corrected chi connectivity index (χ0v) is 13.5. The molecular formula is C14H17BrN2O2S. The number of hydrogen-bond donors (Lipinski definition) is 0. The van der Waals surface area contributed by atoms with E-state index in [4.69, 9.17) is 0 Å². The van der Waals surface area contributed by atoms with Gasteiger partial charge >= 0.3 is 0 Å². The van der Waals surface area contributed by atoms with Crippen LogP contribution in [-0.2, 0) is 10.0 Å². The third kappa shape index (κ3) is 2.39. The molecule has 1 aromatic rings. The minimum Gasteiger partial charge on any atom is -0.352 e. The van der Waals surface area contributed by atoms with Crippen molar-refractivity contribution in [3.05, 3.63) is 29.8 Å². The van der Waals surface area contributed by atoms with Crippen LogP contribution in [0.15, 0.2) is 33.6 Å². The van der Waals surface area contributed by atoms with Crippen molar-refractivity contribution >= 4 is 31.8 Å². The third-order valence-electron chi connectivity index (χ3n) is 3.93. The van der Waals surface area contributed by atoms with Crippen molar-refractivity contribution in [2.75, 3.05) is 11.9 Å². The minimum atomic E-state index is -3.51. The summed E-state index contributed by atoms with van der Waals surface area (Å²) in [5, 5.41) is 0.915. The van der Waals surface area contributed by atoms with Crippen molar-refractivity contribution in [3.8, 4) is 0 Å². The van der Waals surface area contributed by atoms with Gasteiger partial charge in [0, 0.05) is 23.5 Å². The van der Waals surface area contributed by atoms with E-state index in [2.05, 4.69) is 25.2 Å². The Hall–Kier alpha value is -0.880. The van der Waals surface area contributed by atoms with Crippen molar-refractivity contribution in [1.29, 1.82) is 0 Å². The predicted octanol–water partition coefficient (Wildman–Crippen LogP) is 2.78. The van der Waals surface area contributed by atoms with Gasteiger partial charge in [-0.2, -0.15) is 8.42 Å². The lowest BCUT2D eigenvalue weighted by Gasteiger charge is -2.39. The van der Waals surface area contributed by atoms with E-state index in [9.17, 15) is 8.42 Å². The molecule has 0 amide bonds. The summed E-state index contributed by atoms with van der Waals surface area (Å²) in [5.74, 6) is 0.645. The maximum absolute atomic E-state index is 12.1. The fourth-order valence-corrected chi connectivity index (χ4v) is 4.15. The number of amidine groups is 1. The molecule has 1 saturated carbocycles. The number of nitrogens with zero attached hydrogens (tertiary/aromatic N) is 2. The zero-order chi connectivity index (χ0) is 14.2. The molecule has 4 nitrogen and oxygen atoms in total. The molecule has 6 heteroatoms. The summed E-state index contributed by atoms with van der Waals surface area (Å²) >= 11 is 3.44. The van der Waals surface area contributed by atoms with E-state index in [1.807, 2.05) is 12.1 Å². The Bertz CT molecular complexity index is 638. The number of fused-ring (bicyclic) bond motifs is 1. The number of sulfonamides is 1. The van der Waals surface area contributed by atoms with Gasteiger partial charge in [0.15, 0.2) is 5.84 Å². The lowest BCUT2D eigenvalue weighted by molar-refractivity contribution is 0.210. The third-order valence-corrected chi connectivity index (χ3v) is 5.82. The summed E-state index contributed by atoms with van der Waals surface area (Å²) < 4.78 is 28.3. The second-order valence-corrected chi connectivity index (χ2v) is 7.57. The highest BCUT2D eigenvalue weighted by Gasteiger charge is 2.35. The van der Waals surface area contributed by atoms with Gasteiger partial charge in [-0.3, -0.25) is 0 Å². The summed E-state index contributed by atoms with van der Waals surface area (Å²) in [6, 6.07) is 7.57. The first-order chi connectivity index (χ1) is 9.63. The number of benzene rings is 1. The van der Waals surface area contributed by atoms with Crippen LogP contribution in [-0.4, -0.2) is 37.1 Å². The molecular weight excluding hydrogens is 340 g/mol. The van der Waals surface area contributed by atoms with Gasteiger partial charge in [-0.1, -0.05) is 28.1 Å². The van der Waals surface area contributed by atoms with Crippen LogP contribution in [0.4, 0.5) is 0 Å². The number of rotatable bonds is 4. The van der Waals surface area contributed by atoms with Gasteiger partial charge in [-0.05, 0) is 37.8 Å². The SMILES string of the molecule is O=S1(=O)N=C(N(CCCBr)C2CCC2)c2ccccc21. The Morgan fingerprint density at radius 3 is 2.70 bits per heavy atom. The summed E-state index contributed by atoms with van der Waals surface area (Å²) in [7, 11) is -3.51. The first-order valence-corrected chi connectivity index (χ1v) is 9.46. The maximum atomic E-state index is 12.1. The lowest BCUT2D eigenvalue weighted by atomic mass is 9.90. The van der Waals surface area contributed by atoms with E-state index in [0.29, 0.717) is 16.8 Å². The molecule has 1 aromatic carbocycles. The molecule has 0 radical (unpaired) electrons. The average Bonchev–Trinajstić information content (AvgIpc) is 2.65. The van der Waals surface area contributed by atoms with Gasteiger partial charge < -0.3 is 4.90 Å². The monoisotopic (exact) mass is 356 g/mol. The van der Waals surface area contributed by atoms with Crippen molar-refractivity contribution in [2.45, 2.75) is 36.6 Å². The molecule has 0 spiro atoms. The Labute approximate surface area is 128 Å². The van der Waals surface area contributed by atoms with Crippen LogP contribution in [0, 0.1) is 0 Å². The van der Waals surface area contributed by atoms with E-state index in [1.54, 1.807) is 12.1 Å². The fourth-order valence-electron chi connectivity index (χ4n) is 2.69. The molecule has 1 aliphatic carbocycles. The molecule has 0 atom stereocenters. The second-order valence-electron chi connectivity index (χ2n) is 5.21. The van der Waals surface area contributed by atoms with Crippen molar-refractivity contribution in [1.82, 2.24) is 4.90 Å². The molecule has 2 aliphatic rings. The molecule has 20 heavy (non-hydrogen) atoms. The van der Waals surface area contributed by atoms with E-state index in [0.717, 1.165) is 36.7 Å². The zero-order valence-electron chi connectivity index (χ0n) is 11.1. The number of hydrogen-bond acceptors (Lipinski definition) is 3. The van der Waals surface area contributed by atoms with Gasteiger partial charge in [0.1, 0.15) is 4.90 Å². The highest BCUT2D eigenvalue weighted by atomic mass is 79.9. The van der Waals surface area contributed by atoms with E-state index in [1.165, 1.54) is 6.42 Å². The largest absolute Gasteiger partial charge is 0.352 e. The summed E-state index contributed by atoms with van der Waals surface area (Å²) in [5.41, 5.74) is 0.758.